The van der Waals surface area contributed by atoms with E-state index in [0.29, 0.717) is 12.0 Å². The second-order valence-electron chi connectivity index (χ2n) is 4.64. The highest BCUT2D eigenvalue weighted by Crippen LogP contribution is 2.32. The lowest BCUT2D eigenvalue weighted by Gasteiger charge is -2.03. The summed E-state index contributed by atoms with van der Waals surface area (Å²) in [5.41, 5.74) is -0.0805. The minimum atomic E-state index is -1.63. The van der Waals surface area contributed by atoms with Crippen LogP contribution >= 0.6 is 11.6 Å². The number of rotatable bonds is 3. The Hall–Kier alpha value is -2.60. The van der Waals surface area contributed by atoms with Gasteiger partial charge >= 0.3 is 0 Å². The summed E-state index contributed by atoms with van der Waals surface area (Å²) in [4.78, 5) is 11.3. The fraction of sp³-hybridized carbons (Fsp3) is 0. The lowest BCUT2D eigenvalue weighted by atomic mass is 10.1. The van der Waals surface area contributed by atoms with E-state index in [2.05, 4.69) is 5.10 Å². The summed E-state index contributed by atoms with van der Waals surface area (Å²) >= 11 is 6.12. The number of aldehydes is 1. The number of halogens is 4. The summed E-state index contributed by atoms with van der Waals surface area (Å²) in [6.07, 6.45) is 0.394. The molecule has 0 saturated heterocycles. The molecule has 0 bridgehead atoms. The van der Waals surface area contributed by atoms with Gasteiger partial charge < -0.3 is 0 Å². The van der Waals surface area contributed by atoms with Gasteiger partial charge in [-0.2, -0.15) is 5.10 Å². The van der Waals surface area contributed by atoms with Crippen LogP contribution < -0.4 is 0 Å². The molecule has 0 spiro atoms. The fourth-order valence-electron chi connectivity index (χ4n) is 2.16. The van der Waals surface area contributed by atoms with Crippen LogP contribution in [0, 0.1) is 17.5 Å². The molecule has 3 nitrogen and oxygen atoms in total. The molecule has 0 aliphatic carbocycles. The van der Waals surface area contributed by atoms with Crippen LogP contribution in [0.3, 0.4) is 0 Å². The average molecular weight is 337 g/mol. The van der Waals surface area contributed by atoms with Gasteiger partial charge in [0.1, 0.15) is 10.8 Å². The summed E-state index contributed by atoms with van der Waals surface area (Å²) in [6.45, 7) is 0. The highest BCUT2D eigenvalue weighted by Gasteiger charge is 2.23. The molecule has 116 valence electrons. The Kier molecular flexibility index (Phi) is 3.92. The highest BCUT2D eigenvalue weighted by molar-refractivity contribution is 6.32. The number of carbonyl (C=O) groups excluding carboxylic acids is 1. The van der Waals surface area contributed by atoms with E-state index in [0.717, 1.165) is 12.1 Å². The van der Waals surface area contributed by atoms with Gasteiger partial charge in [0.25, 0.3) is 0 Å². The van der Waals surface area contributed by atoms with Crippen LogP contribution in [-0.4, -0.2) is 16.1 Å². The summed E-state index contributed by atoms with van der Waals surface area (Å²) in [7, 11) is 0. The number of aromatic nitrogens is 2. The van der Waals surface area contributed by atoms with Crippen molar-refractivity contribution in [1.29, 1.82) is 0 Å². The zero-order valence-corrected chi connectivity index (χ0v) is 12.2. The molecule has 0 fully saturated rings. The molecule has 0 unspecified atom stereocenters. The van der Waals surface area contributed by atoms with Crippen LogP contribution in [-0.2, 0) is 0 Å². The smallest absolute Gasteiger partial charge is 0.195 e. The molecule has 0 radical (unpaired) electrons. The summed E-state index contributed by atoms with van der Waals surface area (Å²) in [6, 6.07) is 10.4. The first-order chi connectivity index (χ1) is 11.0. The third-order valence-corrected chi connectivity index (χ3v) is 3.64. The van der Waals surface area contributed by atoms with Crippen LogP contribution in [0.5, 0.6) is 0 Å². The Labute approximate surface area is 133 Å². The van der Waals surface area contributed by atoms with E-state index >= 15 is 0 Å². The molecular formula is C16H8ClF3N2O. The molecule has 0 saturated carbocycles. The number of hydrogen-bond acceptors (Lipinski definition) is 2. The highest BCUT2D eigenvalue weighted by atomic mass is 35.5. The minimum Gasteiger partial charge on any atom is -0.298 e. The summed E-state index contributed by atoms with van der Waals surface area (Å²) in [5, 5.41) is 4.03. The van der Waals surface area contributed by atoms with E-state index in [1.807, 2.05) is 0 Å². The Morgan fingerprint density at radius 3 is 2.35 bits per heavy atom. The SMILES string of the molecule is O=Cc1c(-c2ccc(F)c(F)c2F)nn(-c2ccccc2)c1Cl. The maximum atomic E-state index is 14.0. The predicted molar refractivity (Wildman–Crippen MR) is 79.3 cm³/mol. The average Bonchev–Trinajstić information content (AvgIpc) is 2.90. The predicted octanol–water partition coefficient (Wildman–Crippen LogP) is 4.42. The van der Waals surface area contributed by atoms with Gasteiger partial charge in [0.05, 0.1) is 11.3 Å². The Morgan fingerprint density at radius 1 is 1.00 bits per heavy atom. The quantitative estimate of drug-likeness (QED) is 0.524. The van der Waals surface area contributed by atoms with E-state index < -0.39 is 17.5 Å². The van der Waals surface area contributed by atoms with Crippen molar-refractivity contribution in [3.05, 3.63) is 70.6 Å². The first-order valence-corrected chi connectivity index (χ1v) is 6.85. The van der Waals surface area contributed by atoms with Gasteiger partial charge in [-0.1, -0.05) is 29.8 Å². The van der Waals surface area contributed by atoms with Crippen LogP contribution in [0.25, 0.3) is 16.9 Å². The van der Waals surface area contributed by atoms with Crippen molar-refractivity contribution in [1.82, 2.24) is 9.78 Å². The van der Waals surface area contributed by atoms with Gasteiger partial charge in [0.15, 0.2) is 23.7 Å². The zero-order valence-electron chi connectivity index (χ0n) is 11.4. The van der Waals surface area contributed by atoms with E-state index in [1.165, 1.54) is 4.68 Å². The number of para-hydroxylation sites is 1. The Morgan fingerprint density at radius 2 is 1.70 bits per heavy atom. The number of carbonyl (C=O) groups is 1. The fourth-order valence-corrected chi connectivity index (χ4v) is 2.43. The molecule has 2 aromatic carbocycles. The van der Waals surface area contributed by atoms with Gasteiger partial charge in [-0.15, -0.1) is 0 Å². The molecule has 3 rings (SSSR count). The Bertz CT molecular complexity index is 894. The van der Waals surface area contributed by atoms with Crippen molar-refractivity contribution in [3.8, 4) is 16.9 Å². The molecule has 1 aromatic heterocycles. The van der Waals surface area contributed by atoms with E-state index in [1.54, 1.807) is 30.3 Å². The van der Waals surface area contributed by atoms with Gasteiger partial charge in [-0.05, 0) is 24.3 Å². The molecule has 7 heteroatoms. The van der Waals surface area contributed by atoms with Crippen LogP contribution in [0.2, 0.25) is 5.15 Å². The standard InChI is InChI=1S/C16H8ClF3N2O/c17-16-11(8-23)15(10-6-7-12(18)14(20)13(10)19)21-22(16)9-4-2-1-3-5-9/h1-8H. The second-order valence-corrected chi connectivity index (χ2v) is 5.00. The Balaban J connectivity index is 2.26. The van der Waals surface area contributed by atoms with Crippen molar-refractivity contribution in [2.45, 2.75) is 0 Å². The first kappa shape index (κ1) is 15.3. The van der Waals surface area contributed by atoms with Gasteiger partial charge in [0.2, 0.25) is 0 Å². The summed E-state index contributed by atoms with van der Waals surface area (Å²) in [5.74, 6) is -4.39. The number of nitrogens with zero attached hydrogens (tertiary/aromatic N) is 2. The van der Waals surface area contributed by atoms with Crippen molar-refractivity contribution in [2.75, 3.05) is 0 Å². The third-order valence-electron chi connectivity index (χ3n) is 3.27. The van der Waals surface area contributed by atoms with Gasteiger partial charge in [-0.3, -0.25) is 4.79 Å². The molecule has 3 aromatic rings. The number of benzene rings is 2. The molecule has 1 heterocycles. The molecular weight excluding hydrogens is 329 g/mol. The van der Waals surface area contributed by atoms with Crippen LogP contribution in [0.15, 0.2) is 42.5 Å². The van der Waals surface area contributed by atoms with Crippen molar-refractivity contribution < 1.29 is 18.0 Å². The number of hydrogen-bond donors (Lipinski definition) is 0. The lowest BCUT2D eigenvalue weighted by molar-refractivity contribution is 0.112. The molecule has 0 N–H and O–H groups in total. The third kappa shape index (κ3) is 2.51. The van der Waals surface area contributed by atoms with Crippen LogP contribution in [0.4, 0.5) is 13.2 Å². The maximum absolute atomic E-state index is 14.0. The van der Waals surface area contributed by atoms with Crippen molar-refractivity contribution in [3.63, 3.8) is 0 Å². The monoisotopic (exact) mass is 336 g/mol. The van der Waals surface area contributed by atoms with E-state index in [9.17, 15) is 18.0 Å². The molecule has 23 heavy (non-hydrogen) atoms. The van der Waals surface area contributed by atoms with E-state index in [4.69, 9.17) is 11.6 Å². The van der Waals surface area contributed by atoms with Gasteiger partial charge in [-0.25, -0.2) is 17.9 Å². The van der Waals surface area contributed by atoms with Crippen molar-refractivity contribution >= 4 is 17.9 Å². The second kappa shape index (κ2) is 5.89. The minimum absolute atomic E-state index is 0.0506. The van der Waals surface area contributed by atoms with E-state index in [-0.39, 0.29) is 22.0 Å². The lowest BCUT2D eigenvalue weighted by Crippen LogP contribution is -1.98. The molecule has 0 atom stereocenters. The normalized spacial score (nSPS) is 10.8. The summed E-state index contributed by atoms with van der Waals surface area (Å²) < 4.78 is 41.7. The molecule has 0 aliphatic heterocycles. The maximum Gasteiger partial charge on any atom is 0.195 e. The van der Waals surface area contributed by atoms with Crippen LogP contribution in [0.1, 0.15) is 10.4 Å². The zero-order chi connectivity index (χ0) is 16.6. The topological polar surface area (TPSA) is 34.9 Å². The van der Waals surface area contributed by atoms with Gasteiger partial charge in [0, 0.05) is 5.56 Å². The largest absolute Gasteiger partial charge is 0.298 e. The molecule has 0 aliphatic rings. The first-order valence-electron chi connectivity index (χ1n) is 6.47. The van der Waals surface area contributed by atoms with Crippen molar-refractivity contribution in [2.24, 2.45) is 0 Å². The molecule has 0 amide bonds.